The average Bonchev–Trinajstić information content (AvgIpc) is 2.75. The van der Waals surface area contributed by atoms with E-state index in [2.05, 4.69) is 49.0 Å². The van der Waals surface area contributed by atoms with Crippen molar-refractivity contribution in [3.8, 4) is 5.75 Å². The number of likely N-dealkylation sites (tertiary alicyclic amines) is 1. The van der Waals surface area contributed by atoms with Crippen LogP contribution in [0, 0.1) is 0 Å². The van der Waals surface area contributed by atoms with Gasteiger partial charge in [0.05, 0.1) is 13.3 Å². The molecule has 17 heavy (non-hydrogen) atoms. The number of fused-ring (bicyclic) bond motifs is 3. The van der Waals surface area contributed by atoms with Crippen LogP contribution in [-0.2, 0) is 5.41 Å². The van der Waals surface area contributed by atoms with Crippen LogP contribution >= 0.6 is 0 Å². The van der Waals surface area contributed by atoms with E-state index in [1.807, 2.05) is 0 Å². The molecule has 2 aliphatic heterocycles. The minimum absolute atomic E-state index is 0.243. The molecule has 2 heterocycles. The van der Waals surface area contributed by atoms with Crippen LogP contribution in [0.25, 0.3) is 0 Å². The fourth-order valence-corrected chi connectivity index (χ4v) is 3.68. The summed E-state index contributed by atoms with van der Waals surface area (Å²) in [5.74, 6) is 0.966. The number of likely N-dealkylation sites (N-methyl/N-ethyl adjacent to an activating group) is 2. The van der Waals surface area contributed by atoms with E-state index in [0.717, 1.165) is 5.75 Å². The van der Waals surface area contributed by atoms with Crippen molar-refractivity contribution in [3.05, 3.63) is 23.8 Å². The smallest absolute Gasteiger partial charge is 0.119 e. The SMILES string of the molecule is COc1ccc2c(c1)[C@@]1(C)CCN(C)[C@H]1N2C. The second-order valence-corrected chi connectivity index (χ2v) is 5.52. The monoisotopic (exact) mass is 232 g/mol. The predicted octanol–water partition coefficient (Wildman–Crippen LogP) is 2.06. The normalized spacial score (nSPS) is 31.5. The maximum atomic E-state index is 5.36. The predicted molar refractivity (Wildman–Crippen MR) is 69.8 cm³/mol. The van der Waals surface area contributed by atoms with Crippen LogP contribution in [0.15, 0.2) is 18.2 Å². The van der Waals surface area contributed by atoms with Crippen molar-refractivity contribution >= 4 is 5.69 Å². The Bertz CT molecular complexity index is 460. The number of hydrogen-bond donors (Lipinski definition) is 0. The van der Waals surface area contributed by atoms with Crippen LogP contribution in [0.1, 0.15) is 18.9 Å². The van der Waals surface area contributed by atoms with Gasteiger partial charge in [0, 0.05) is 24.7 Å². The lowest BCUT2D eigenvalue weighted by molar-refractivity contribution is 0.268. The van der Waals surface area contributed by atoms with Crippen LogP contribution in [0.5, 0.6) is 5.75 Å². The van der Waals surface area contributed by atoms with Gasteiger partial charge < -0.3 is 9.64 Å². The van der Waals surface area contributed by atoms with Gasteiger partial charge in [-0.15, -0.1) is 0 Å². The van der Waals surface area contributed by atoms with Gasteiger partial charge in [-0.1, -0.05) is 6.92 Å². The first kappa shape index (κ1) is 10.9. The Labute approximate surface area is 103 Å². The number of nitrogens with zero attached hydrogens (tertiary/aromatic N) is 2. The molecule has 0 saturated carbocycles. The fraction of sp³-hybridized carbons (Fsp3) is 0.571. The highest BCUT2D eigenvalue weighted by atomic mass is 16.5. The molecule has 1 aromatic carbocycles. The van der Waals surface area contributed by atoms with Crippen molar-refractivity contribution in [1.82, 2.24) is 4.90 Å². The molecule has 1 saturated heterocycles. The summed E-state index contributed by atoms with van der Waals surface area (Å²) >= 11 is 0. The van der Waals surface area contributed by atoms with E-state index in [-0.39, 0.29) is 5.41 Å². The summed E-state index contributed by atoms with van der Waals surface area (Å²) in [5, 5.41) is 0. The molecule has 1 fully saturated rings. The summed E-state index contributed by atoms with van der Waals surface area (Å²) in [4.78, 5) is 4.86. The third-order valence-corrected chi connectivity index (χ3v) is 4.54. The number of hydrogen-bond acceptors (Lipinski definition) is 3. The number of methoxy groups -OCH3 is 1. The summed E-state index contributed by atoms with van der Waals surface area (Å²) in [6.45, 7) is 3.55. The first-order valence-corrected chi connectivity index (χ1v) is 6.19. The van der Waals surface area contributed by atoms with Crippen molar-refractivity contribution in [3.63, 3.8) is 0 Å². The van der Waals surface area contributed by atoms with E-state index in [9.17, 15) is 0 Å². The third-order valence-electron chi connectivity index (χ3n) is 4.54. The molecule has 1 aromatic rings. The first-order valence-electron chi connectivity index (χ1n) is 6.19. The molecule has 92 valence electrons. The Morgan fingerprint density at radius 3 is 2.82 bits per heavy atom. The van der Waals surface area contributed by atoms with Gasteiger partial charge in [-0.3, -0.25) is 4.90 Å². The zero-order valence-electron chi connectivity index (χ0n) is 11.0. The zero-order chi connectivity index (χ0) is 12.2. The Kier molecular flexibility index (Phi) is 2.17. The molecule has 0 amide bonds. The summed E-state index contributed by atoms with van der Waals surface area (Å²) < 4.78 is 5.36. The van der Waals surface area contributed by atoms with Gasteiger partial charge in [-0.25, -0.2) is 0 Å². The lowest BCUT2D eigenvalue weighted by Crippen LogP contribution is -2.45. The van der Waals surface area contributed by atoms with Crippen LogP contribution in [0.2, 0.25) is 0 Å². The van der Waals surface area contributed by atoms with Crippen LogP contribution in [-0.4, -0.2) is 38.8 Å². The third kappa shape index (κ3) is 1.26. The van der Waals surface area contributed by atoms with Gasteiger partial charge >= 0.3 is 0 Å². The standard InChI is InChI=1S/C14H20N2O/c1-14-7-8-15(2)13(14)16(3)12-6-5-10(17-4)9-11(12)14/h5-6,9,13H,7-8H2,1-4H3/t13-,14+/m0/s1. The van der Waals surface area contributed by atoms with Crippen molar-refractivity contribution in [2.45, 2.75) is 24.9 Å². The summed E-state index contributed by atoms with van der Waals surface area (Å²) in [6, 6.07) is 6.45. The highest BCUT2D eigenvalue weighted by molar-refractivity contribution is 5.66. The summed E-state index contributed by atoms with van der Waals surface area (Å²) in [6.07, 6.45) is 1.71. The lowest BCUT2D eigenvalue weighted by atomic mass is 9.81. The largest absolute Gasteiger partial charge is 0.497 e. The van der Waals surface area contributed by atoms with Crippen LogP contribution in [0.4, 0.5) is 5.69 Å². The Balaban J connectivity index is 2.15. The van der Waals surface area contributed by atoms with Gasteiger partial charge in [-0.05, 0) is 37.2 Å². The van der Waals surface area contributed by atoms with Crippen LogP contribution < -0.4 is 9.64 Å². The number of benzene rings is 1. The summed E-state index contributed by atoms with van der Waals surface area (Å²) in [7, 11) is 6.15. The van der Waals surface area contributed by atoms with Gasteiger partial charge in [0.1, 0.15) is 5.75 Å². The molecule has 3 nitrogen and oxygen atoms in total. The maximum absolute atomic E-state index is 5.36. The van der Waals surface area contributed by atoms with E-state index in [1.165, 1.54) is 24.2 Å². The first-order chi connectivity index (χ1) is 8.08. The van der Waals surface area contributed by atoms with Crippen LogP contribution in [0.3, 0.4) is 0 Å². The van der Waals surface area contributed by atoms with Crippen molar-refractivity contribution in [2.24, 2.45) is 0 Å². The molecule has 0 radical (unpaired) electrons. The number of rotatable bonds is 1. The Morgan fingerprint density at radius 2 is 2.12 bits per heavy atom. The van der Waals surface area contributed by atoms with E-state index in [1.54, 1.807) is 7.11 Å². The van der Waals surface area contributed by atoms with Gasteiger partial charge in [0.2, 0.25) is 0 Å². The quantitative estimate of drug-likeness (QED) is 0.737. The zero-order valence-corrected chi connectivity index (χ0v) is 11.0. The maximum Gasteiger partial charge on any atom is 0.119 e. The van der Waals surface area contributed by atoms with Gasteiger partial charge in [-0.2, -0.15) is 0 Å². The summed E-state index contributed by atoms with van der Waals surface area (Å²) in [5.41, 5.74) is 3.03. The molecule has 2 aliphatic rings. The van der Waals surface area contributed by atoms with Crippen molar-refractivity contribution < 1.29 is 4.74 Å². The van der Waals surface area contributed by atoms with Crippen molar-refractivity contribution in [2.75, 3.05) is 32.6 Å². The van der Waals surface area contributed by atoms with E-state index >= 15 is 0 Å². The van der Waals surface area contributed by atoms with E-state index in [0.29, 0.717) is 6.17 Å². The molecule has 3 rings (SSSR count). The topological polar surface area (TPSA) is 15.7 Å². The molecule has 0 spiro atoms. The highest BCUT2D eigenvalue weighted by Gasteiger charge is 2.52. The molecule has 2 atom stereocenters. The molecule has 3 heteroatoms. The van der Waals surface area contributed by atoms with E-state index < -0.39 is 0 Å². The van der Waals surface area contributed by atoms with E-state index in [4.69, 9.17) is 4.74 Å². The second-order valence-electron chi connectivity index (χ2n) is 5.52. The Morgan fingerprint density at radius 1 is 1.35 bits per heavy atom. The lowest BCUT2D eigenvalue weighted by Gasteiger charge is -2.32. The van der Waals surface area contributed by atoms with Crippen molar-refractivity contribution in [1.29, 1.82) is 0 Å². The van der Waals surface area contributed by atoms with Gasteiger partial charge in [0.15, 0.2) is 0 Å². The average molecular weight is 232 g/mol. The molecular formula is C14H20N2O. The minimum Gasteiger partial charge on any atom is -0.497 e. The number of ether oxygens (including phenoxy) is 1. The molecule has 0 unspecified atom stereocenters. The molecule has 0 aliphatic carbocycles. The number of anilines is 1. The minimum atomic E-state index is 0.243. The highest BCUT2D eigenvalue weighted by Crippen LogP contribution is 2.51. The second kappa shape index (κ2) is 3.39. The Hall–Kier alpha value is -1.22. The van der Waals surface area contributed by atoms with Gasteiger partial charge in [0.25, 0.3) is 0 Å². The fourth-order valence-electron chi connectivity index (χ4n) is 3.68. The molecular weight excluding hydrogens is 212 g/mol. The molecule has 0 N–H and O–H groups in total. The molecule has 0 bridgehead atoms. The molecule has 0 aromatic heterocycles.